The Balaban J connectivity index is 1.72. The molecule has 4 nitrogen and oxygen atoms in total. The second-order valence-electron chi connectivity index (χ2n) is 5.64. The largest absolute Gasteiger partial charge is 0.497 e. The fourth-order valence-electron chi connectivity index (χ4n) is 2.42. The number of amides is 1. The number of hydrogen-bond acceptors (Lipinski definition) is 4. The molecule has 1 heterocycles. The molecular weight excluding hydrogens is 403 g/mol. The summed E-state index contributed by atoms with van der Waals surface area (Å²) in [4.78, 5) is 17.7. The van der Waals surface area contributed by atoms with Crippen LogP contribution in [0.5, 0.6) is 5.75 Å². The van der Waals surface area contributed by atoms with Gasteiger partial charge in [-0.2, -0.15) is 0 Å². The fourth-order valence-corrected chi connectivity index (χ4v) is 3.73. The number of aromatic nitrogens is 1. The maximum atomic E-state index is 12.2. The van der Waals surface area contributed by atoms with Crippen LogP contribution in [0.2, 0.25) is 10.0 Å². The molecule has 3 rings (SSSR count). The lowest BCUT2D eigenvalue weighted by Crippen LogP contribution is -2.07. The zero-order valence-corrected chi connectivity index (χ0v) is 17.0. The molecule has 0 bridgehead atoms. The molecule has 27 heavy (non-hydrogen) atoms. The van der Waals surface area contributed by atoms with E-state index in [0.717, 1.165) is 21.9 Å². The van der Waals surface area contributed by atoms with E-state index < -0.39 is 0 Å². The van der Waals surface area contributed by atoms with Crippen molar-refractivity contribution in [2.24, 2.45) is 0 Å². The molecule has 0 aliphatic rings. The minimum atomic E-state index is -0.281. The van der Waals surface area contributed by atoms with Gasteiger partial charge in [0.15, 0.2) is 5.13 Å². The van der Waals surface area contributed by atoms with Gasteiger partial charge in [-0.3, -0.25) is 10.1 Å². The van der Waals surface area contributed by atoms with Crippen LogP contribution < -0.4 is 10.1 Å². The number of rotatable bonds is 5. The molecule has 0 atom stereocenters. The number of anilines is 1. The van der Waals surface area contributed by atoms with E-state index in [1.807, 2.05) is 31.2 Å². The summed E-state index contributed by atoms with van der Waals surface area (Å²) in [6, 6.07) is 12.7. The number of ether oxygens (including phenoxy) is 1. The number of nitrogens with one attached hydrogen (secondary N) is 1. The van der Waals surface area contributed by atoms with E-state index in [9.17, 15) is 4.79 Å². The van der Waals surface area contributed by atoms with Gasteiger partial charge in [-0.25, -0.2) is 4.98 Å². The highest BCUT2D eigenvalue weighted by Crippen LogP contribution is 2.31. The third-order valence-electron chi connectivity index (χ3n) is 3.77. The second-order valence-corrected chi connectivity index (χ2v) is 7.69. The fraction of sp³-hybridized carbons (Fsp3) is 0.100. The van der Waals surface area contributed by atoms with Gasteiger partial charge in [0.05, 0.1) is 12.8 Å². The van der Waals surface area contributed by atoms with Crippen LogP contribution in [0.3, 0.4) is 0 Å². The Kier molecular flexibility index (Phi) is 6.16. The third-order valence-corrected chi connectivity index (χ3v) is 5.22. The van der Waals surface area contributed by atoms with E-state index in [0.29, 0.717) is 20.7 Å². The van der Waals surface area contributed by atoms with Crippen LogP contribution in [0, 0.1) is 6.92 Å². The van der Waals surface area contributed by atoms with Crippen LogP contribution in [-0.2, 0) is 4.79 Å². The highest BCUT2D eigenvalue weighted by atomic mass is 35.5. The first-order valence-corrected chi connectivity index (χ1v) is 9.59. The van der Waals surface area contributed by atoms with E-state index in [4.69, 9.17) is 27.9 Å². The van der Waals surface area contributed by atoms with Gasteiger partial charge in [-0.15, -0.1) is 11.3 Å². The van der Waals surface area contributed by atoms with E-state index >= 15 is 0 Å². The normalized spacial score (nSPS) is 11.0. The van der Waals surface area contributed by atoms with Gasteiger partial charge in [-0.1, -0.05) is 29.3 Å². The molecule has 138 valence electrons. The number of carbonyl (C=O) groups excluding carboxylic acids is 1. The monoisotopic (exact) mass is 418 g/mol. The Bertz CT molecular complexity index is 998. The van der Waals surface area contributed by atoms with Gasteiger partial charge in [-0.05, 0) is 55.0 Å². The molecule has 3 aromatic rings. The zero-order chi connectivity index (χ0) is 19.4. The lowest BCUT2D eigenvalue weighted by atomic mass is 10.1. The topological polar surface area (TPSA) is 51.2 Å². The molecule has 0 saturated carbocycles. The van der Waals surface area contributed by atoms with E-state index in [2.05, 4.69) is 10.3 Å². The highest BCUT2D eigenvalue weighted by molar-refractivity contribution is 7.16. The van der Waals surface area contributed by atoms with Crippen LogP contribution in [0.15, 0.2) is 48.5 Å². The molecule has 0 unspecified atom stereocenters. The maximum Gasteiger partial charge on any atom is 0.250 e. The average Bonchev–Trinajstić information content (AvgIpc) is 3.01. The first kappa shape index (κ1) is 19.4. The summed E-state index contributed by atoms with van der Waals surface area (Å²) < 4.78 is 5.17. The summed E-state index contributed by atoms with van der Waals surface area (Å²) in [6.07, 6.45) is 3.05. The third kappa shape index (κ3) is 4.89. The van der Waals surface area contributed by atoms with Gasteiger partial charge < -0.3 is 4.74 Å². The standard InChI is InChI=1S/C20H16Cl2N2O2S/c1-12-19(14-4-8-16(26-2)9-5-14)24-20(27-12)23-18(25)10-6-13-3-7-15(21)11-17(13)22/h3-11H,1-2H3,(H,23,24,25)/b10-6+. The van der Waals surface area contributed by atoms with Gasteiger partial charge in [0, 0.05) is 26.6 Å². The van der Waals surface area contributed by atoms with Crippen LogP contribution in [-0.4, -0.2) is 18.0 Å². The molecule has 0 aliphatic heterocycles. The van der Waals surface area contributed by atoms with Crippen molar-refractivity contribution in [3.05, 3.63) is 69.0 Å². The molecule has 1 amide bonds. The van der Waals surface area contributed by atoms with Crippen molar-refractivity contribution in [1.82, 2.24) is 4.98 Å². The molecule has 0 radical (unpaired) electrons. The Morgan fingerprint density at radius 3 is 2.59 bits per heavy atom. The minimum absolute atomic E-state index is 0.281. The van der Waals surface area contributed by atoms with Gasteiger partial charge in [0.2, 0.25) is 5.91 Å². The molecule has 1 N–H and O–H groups in total. The molecule has 0 aliphatic carbocycles. The van der Waals surface area contributed by atoms with Gasteiger partial charge in [0.1, 0.15) is 5.75 Å². The number of benzene rings is 2. The smallest absolute Gasteiger partial charge is 0.250 e. The molecule has 0 fully saturated rings. The summed E-state index contributed by atoms with van der Waals surface area (Å²) >= 11 is 13.4. The lowest BCUT2D eigenvalue weighted by Gasteiger charge is -2.01. The summed E-state index contributed by atoms with van der Waals surface area (Å²) in [5.41, 5.74) is 2.52. The maximum absolute atomic E-state index is 12.2. The Hall–Kier alpha value is -2.34. The van der Waals surface area contributed by atoms with E-state index in [1.54, 1.807) is 31.4 Å². The van der Waals surface area contributed by atoms with Crippen LogP contribution in [0.25, 0.3) is 17.3 Å². The first-order valence-electron chi connectivity index (χ1n) is 8.02. The lowest BCUT2D eigenvalue weighted by molar-refractivity contribution is -0.111. The minimum Gasteiger partial charge on any atom is -0.497 e. The summed E-state index contributed by atoms with van der Waals surface area (Å²) in [5, 5.41) is 4.35. The predicted molar refractivity (Wildman–Crippen MR) is 113 cm³/mol. The van der Waals surface area contributed by atoms with Crippen LogP contribution in [0.1, 0.15) is 10.4 Å². The first-order chi connectivity index (χ1) is 13.0. The molecule has 2 aromatic carbocycles. The molecule has 7 heteroatoms. The number of thiazole rings is 1. The Morgan fingerprint density at radius 2 is 1.93 bits per heavy atom. The van der Waals surface area contributed by atoms with Crippen molar-refractivity contribution >= 4 is 51.7 Å². The predicted octanol–water partition coefficient (Wildman–Crippen LogP) is 6.09. The van der Waals surface area contributed by atoms with Crippen molar-refractivity contribution < 1.29 is 9.53 Å². The molecule has 1 aromatic heterocycles. The van der Waals surface area contributed by atoms with E-state index in [-0.39, 0.29) is 5.91 Å². The second kappa shape index (κ2) is 8.57. The molecular formula is C20H16Cl2N2O2S. The van der Waals surface area contributed by atoms with Gasteiger partial charge in [0.25, 0.3) is 0 Å². The van der Waals surface area contributed by atoms with Crippen molar-refractivity contribution in [3.8, 4) is 17.0 Å². The van der Waals surface area contributed by atoms with Crippen molar-refractivity contribution in [2.75, 3.05) is 12.4 Å². The van der Waals surface area contributed by atoms with Crippen molar-refractivity contribution in [1.29, 1.82) is 0 Å². The quantitative estimate of drug-likeness (QED) is 0.510. The number of nitrogens with zero attached hydrogens (tertiary/aromatic N) is 1. The van der Waals surface area contributed by atoms with Crippen molar-refractivity contribution in [2.45, 2.75) is 6.92 Å². The zero-order valence-electron chi connectivity index (χ0n) is 14.6. The number of aryl methyl sites for hydroxylation is 1. The van der Waals surface area contributed by atoms with E-state index in [1.165, 1.54) is 17.4 Å². The van der Waals surface area contributed by atoms with Crippen molar-refractivity contribution in [3.63, 3.8) is 0 Å². The number of carbonyl (C=O) groups is 1. The summed E-state index contributed by atoms with van der Waals surface area (Å²) in [5.74, 6) is 0.502. The van der Waals surface area contributed by atoms with Gasteiger partial charge >= 0.3 is 0 Å². The van der Waals surface area contributed by atoms with Crippen LogP contribution >= 0.6 is 34.5 Å². The molecule has 0 spiro atoms. The van der Waals surface area contributed by atoms with Crippen LogP contribution in [0.4, 0.5) is 5.13 Å². The Morgan fingerprint density at radius 1 is 1.19 bits per heavy atom. The highest BCUT2D eigenvalue weighted by Gasteiger charge is 2.11. The summed E-state index contributed by atoms with van der Waals surface area (Å²) in [7, 11) is 1.63. The number of halogens is 2. The molecule has 0 saturated heterocycles. The number of methoxy groups -OCH3 is 1. The Labute approximate surface area is 171 Å². The summed E-state index contributed by atoms with van der Waals surface area (Å²) in [6.45, 7) is 1.97. The SMILES string of the molecule is COc1ccc(-c2nc(NC(=O)/C=C/c3ccc(Cl)cc3Cl)sc2C)cc1. The number of hydrogen-bond donors (Lipinski definition) is 1. The average molecular weight is 419 g/mol.